The predicted octanol–water partition coefficient (Wildman–Crippen LogP) is 6.07. The number of carbonyl (C=O) groups is 2. The van der Waals surface area contributed by atoms with E-state index < -0.39 is 34.6 Å². The highest BCUT2D eigenvalue weighted by atomic mass is 19.4. The van der Waals surface area contributed by atoms with Gasteiger partial charge in [0.2, 0.25) is 0 Å². The summed E-state index contributed by atoms with van der Waals surface area (Å²) in [6, 6.07) is 6.28. The Bertz CT molecular complexity index is 1760. The number of benzene rings is 2. The lowest BCUT2D eigenvalue weighted by Gasteiger charge is -2.33. The van der Waals surface area contributed by atoms with Crippen molar-refractivity contribution < 1.29 is 36.6 Å². The molecule has 0 aliphatic carbocycles. The van der Waals surface area contributed by atoms with Gasteiger partial charge in [-0.05, 0) is 63.9 Å². The number of nitrogen functional groups attached to an aromatic ring is 1. The molecule has 5 rings (SSSR count). The Labute approximate surface area is 255 Å². The van der Waals surface area contributed by atoms with Crippen LogP contribution in [0.3, 0.4) is 0 Å². The maximum Gasteiger partial charge on any atom is 0.416 e. The molecule has 238 valence electrons. The number of anilines is 2. The lowest BCUT2D eigenvalue weighted by molar-refractivity contribution is -0.137. The van der Waals surface area contributed by atoms with Crippen LogP contribution < -0.4 is 15.8 Å². The Balaban J connectivity index is 1.41. The standard InChI is InChI=1S/C30H31F4N7O4/c1-29(2,3)45-28(43)40-11-9-18(10-12-40)41-26-23(25(35)36-15-37-26)24(39-41)16-5-8-21(22(13-16)44-4)38-27(42)19-7-6-17(14-20(19)31)30(32,33)34/h5-8,13-15,18H,9-12H2,1-4H3,(H,38,42)(H2,35,36,37). The van der Waals surface area contributed by atoms with Crippen molar-refractivity contribution in [2.24, 2.45) is 0 Å². The van der Waals surface area contributed by atoms with Gasteiger partial charge in [-0.1, -0.05) is 6.07 Å². The van der Waals surface area contributed by atoms with E-state index >= 15 is 0 Å². The molecule has 1 saturated heterocycles. The average molecular weight is 630 g/mol. The molecule has 0 atom stereocenters. The van der Waals surface area contributed by atoms with Gasteiger partial charge in [0.1, 0.15) is 35.0 Å². The fraction of sp³-hybridized carbons (Fsp3) is 0.367. The number of likely N-dealkylation sites (tertiary alicyclic amines) is 1. The van der Waals surface area contributed by atoms with E-state index in [2.05, 4.69) is 15.3 Å². The van der Waals surface area contributed by atoms with Gasteiger partial charge in [0.15, 0.2) is 5.65 Å². The molecular weight excluding hydrogens is 598 g/mol. The van der Waals surface area contributed by atoms with E-state index in [-0.39, 0.29) is 35.5 Å². The number of ether oxygens (including phenoxy) is 2. The smallest absolute Gasteiger partial charge is 0.416 e. The number of alkyl halides is 3. The zero-order valence-corrected chi connectivity index (χ0v) is 24.9. The SMILES string of the molecule is COc1cc(-c2nn(C3CCN(C(=O)OC(C)(C)C)CC3)c3ncnc(N)c23)ccc1NC(=O)c1ccc(C(F)(F)F)cc1F. The molecule has 11 nitrogen and oxygen atoms in total. The van der Waals surface area contributed by atoms with Crippen LogP contribution in [0.15, 0.2) is 42.7 Å². The third-order valence-electron chi connectivity index (χ3n) is 7.24. The van der Waals surface area contributed by atoms with Crippen LogP contribution in [0.2, 0.25) is 0 Å². The van der Waals surface area contributed by atoms with Crippen LogP contribution in [0.25, 0.3) is 22.3 Å². The second kappa shape index (κ2) is 11.9. The van der Waals surface area contributed by atoms with Crippen LogP contribution in [0.5, 0.6) is 5.75 Å². The summed E-state index contributed by atoms with van der Waals surface area (Å²) in [5, 5.41) is 7.83. The molecule has 45 heavy (non-hydrogen) atoms. The van der Waals surface area contributed by atoms with Crippen molar-refractivity contribution in [3.63, 3.8) is 0 Å². The molecule has 0 saturated carbocycles. The summed E-state index contributed by atoms with van der Waals surface area (Å²) in [5.41, 5.74) is 5.53. The van der Waals surface area contributed by atoms with Crippen molar-refractivity contribution in [3.05, 3.63) is 59.7 Å². The van der Waals surface area contributed by atoms with E-state index in [1.54, 1.807) is 21.7 Å². The van der Waals surface area contributed by atoms with Gasteiger partial charge >= 0.3 is 12.3 Å². The van der Waals surface area contributed by atoms with E-state index in [4.69, 9.17) is 20.3 Å². The average Bonchev–Trinajstić information content (AvgIpc) is 3.37. The number of amides is 2. The minimum atomic E-state index is -4.75. The van der Waals surface area contributed by atoms with Crippen LogP contribution >= 0.6 is 0 Å². The molecule has 15 heteroatoms. The second-order valence-electron chi connectivity index (χ2n) is 11.5. The van der Waals surface area contributed by atoms with Crippen LogP contribution in [0.4, 0.5) is 33.9 Å². The zero-order chi connectivity index (χ0) is 32.7. The number of methoxy groups -OCH3 is 1. The Hall–Kier alpha value is -4.95. The quantitative estimate of drug-likeness (QED) is 0.254. The second-order valence-corrected chi connectivity index (χ2v) is 11.5. The van der Waals surface area contributed by atoms with E-state index in [1.165, 1.54) is 19.5 Å². The molecule has 0 radical (unpaired) electrons. The van der Waals surface area contributed by atoms with Crippen molar-refractivity contribution in [3.8, 4) is 17.0 Å². The molecule has 1 aliphatic heterocycles. The summed E-state index contributed by atoms with van der Waals surface area (Å²) < 4.78 is 65.9. The summed E-state index contributed by atoms with van der Waals surface area (Å²) in [6.07, 6.45) is -2.60. The summed E-state index contributed by atoms with van der Waals surface area (Å²) in [7, 11) is 1.36. The summed E-state index contributed by atoms with van der Waals surface area (Å²) in [5.74, 6) is -1.90. The zero-order valence-electron chi connectivity index (χ0n) is 24.9. The number of hydrogen-bond donors (Lipinski definition) is 2. The van der Waals surface area contributed by atoms with E-state index in [0.29, 0.717) is 54.3 Å². The lowest BCUT2D eigenvalue weighted by atomic mass is 10.1. The monoisotopic (exact) mass is 629 g/mol. The highest BCUT2D eigenvalue weighted by Crippen LogP contribution is 2.38. The van der Waals surface area contributed by atoms with Gasteiger partial charge in [-0.15, -0.1) is 0 Å². The molecule has 1 fully saturated rings. The minimum absolute atomic E-state index is 0.103. The normalized spacial score (nSPS) is 14.4. The molecule has 2 amide bonds. The molecule has 3 N–H and O–H groups in total. The van der Waals surface area contributed by atoms with Gasteiger partial charge in [-0.3, -0.25) is 4.79 Å². The van der Waals surface area contributed by atoms with E-state index in [9.17, 15) is 27.2 Å². The number of fused-ring (bicyclic) bond motifs is 1. The first kappa shape index (κ1) is 31.5. The molecule has 0 bridgehead atoms. The van der Waals surface area contributed by atoms with Crippen molar-refractivity contribution >= 4 is 34.5 Å². The number of nitrogens with zero attached hydrogens (tertiary/aromatic N) is 5. The minimum Gasteiger partial charge on any atom is -0.495 e. The number of piperidine rings is 1. The van der Waals surface area contributed by atoms with Crippen LogP contribution in [-0.2, 0) is 10.9 Å². The third-order valence-corrected chi connectivity index (χ3v) is 7.24. The van der Waals surface area contributed by atoms with Crippen LogP contribution in [0, 0.1) is 5.82 Å². The molecule has 3 heterocycles. The number of aromatic nitrogens is 4. The Morgan fingerprint density at radius 1 is 1.04 bits per heavy atom. The summed E-state index contributed by atoms with van der Waals surface area (Å²) >= 11 is 0. The van der Waals surface area contributed by atoms with Gasteiger partial charge < -0.3 is 25.4 Å². The fourth-order valence-corrected chi connectivity index (χ4v) is 5.08. The van der Waals surface area contributed by atoms with Gasteiger partial charge in [0, 0.05) is 18.7 Å². The van der Waals surface area contributed by atoms with Gasteiger partial charge in [0.05, 0.1) is 35.4 Å². The molecule has 2 aromatic heterocycles. The highest BCUT2D eigenvalue weighted by Gasteiger charge is 2.32. The van der Waals surface area contributed by atoms with Crippen LogP contribution in [0.1, 0.15) is 55.6 Å². The maximum absolute atomic E-state index is 14.4. The molecule has 4 aromatic rings. The van der Waals surface area contributed by atoms with Crippen molar-refractivity contribution in [2.45, 2.75) is 51.4 Å². The number of nitrogens with one attached hydrogen (secondary N) is 1. The van der Waals surface area contributed by atoms with Crippen molar-refractivity contribution in [1.82, 2.24) is 24.6 Å². The maximum atomic E-state index is 14.4. The Morgan fingerprint density at radius 3 is 2.38 bits per heavy atom. The van der Waals surface area contributed by atoms with Gasteiger partial charge in [-0.25, -0.2) is 23.8 Å². The van der Waals surface area contributed by atoms with Crippen molar-refractivity contribution in [2.75, 3.05) is 31.2 Å². The lowest BCUT2D eigenvalue weighted by Crippen LogP contribution is -2.42. The van der Waals surface area contributed by atoms with E-state index in [0.717, 1.165) is 6.07 Å². The number of carbonyl (C=O) groups excluding carboxylic acids is 2. The molecule has 0 unspecified atom stereocenters. The third kappa shape index (κ3) is 6.61. The highest BCUT2D eigenvalue weighted by molar-refractivity contribution is 6.06. The first-order valence-electron chi connectivity index (χ1n) is 14.0. The molecular formula is C30H31F4N7O4. The van der Waals surface area contributed by atoms with Gasteiger partial charge in [0.25, 0.3) is 5.91 Å². The van der Waals surface area contributed by atoms with Crippen molar-refractivity contribution in [1.29, 1.82) is 0 Å². The Morgan fingerprint density at radius 2 is 1.76 bits per heavy atom. The molecule has 2 aromatic carbocycles. The number of halogens is 4. The van der Waals surface area contributed by atoms with Crippen LogP contribution in [-0.4, -0.2) is 62.4 Å². The largest absolute Gasteiger partial charge is 0.495 e. The Kier molecular flexibility index (Phi) is 8.29. The van der Waals surface area contributed by atoms with E-state index in [1.807, 2.05) is 20.8 Å². The first-order chi connectivity index (χ1) is 21.2. The number of rotatable bonds is 5. The predicted molar refractivity (Wildman–Crippen MR) is 157 cm³/mol. The fourth-order valence-electron chi connectivity index (χ4n) is 5.08. The molecule has 1 aliphatic rings. The van der Waals surface area contributed by atoms with Gasteiger partial charge in [-0.2, -0.15) is 18.3 Å². The topological polar surface area (TPSA) is 137 Å². The molecule has 0 spiro atoms. The number of nitrogens with two attached hydrogens (primary N) is 1. The summed E-state index contributed by atoms with van der Waals surface area (Å²) in [4.78, 5) is 35.6. The summed E-state index contributed by atoms with van der Waals surface area (Å²) in [6.45, 7) is 6.35. The first-order valence-corrected chi connectivity index (χ1v) is 14.0. The number of hydrogen-bond acceptors (Lipinski definition) is 8.